The van der Waals surface area contributed by atoms with Crippen LogP contribution >= 0.6 is 0 Å². The first-order chi connectivity index (χ1) is 18.5. The molecule has 9 N–H and O–H groups in total. The number of amides is 4. The molecule has 4 atom stereocenters. The molecule has 3 rings (SSSR count). The van der Waals surface area contributed by atoms with Gasteiger partial charge in [0.25, 0.3) is 0 Å². The zero-order chi connectivity index (χ0) is 28.7. The molecule has 2 aromatic rings. The van der Waals surface area contributed by atoms with Crippen molar-refractivity contribution in [2.75, 3.05) is 6.54 Å². The monoisotopic (exact) mass is 544 g/mol. The number of benzene rings is 1. The minimum atomic E-state index is -1.49. The number of rotatable bonds is 13. The van der Waals surface area contributed by atoms with Crippen molar-refractivity contribution in [3.63, 3.8) is 0 Å². The van der Waals surface area contributed by atoms with Gasteiger partial charge in [-0.15, -0.1) is 0 Å². The smallest absolute Gasteiger partial charge is 0.326 e. The van der Waals surface area contributed by atoms with Crippen LogP contribution in [0.2, 0.25) is 0 Å². The Kier molecular flexibility index (Phi) is 9.60. The normalized spacial score (nSPS) is 17.3. The van der Waals surface area contributed by atoms with Crippen molar-refractivity contribution in [2.24, 2.45) is 11.5 Å². The van der Waals surface area contributed by atoms with Crippen molar-refractivity contribution >= 4 is 46.5 Å². The summed E-state index contributed by atoms with van der Waals surface area (Å²) >= 11 is 0. The number of carboxylic acids is 2. The molecule has 0 radical (unpaired) electrons. The van der Waals surface area contributed by atoms with Gasteiger partial charge in [0.2, 0.25) is 23.6 Å². The lowest BCUT2D eigenvalue weighted by molar-refractivity contribution is -0.144. The van der Waals surface area contributed by atoms with Crippen LogP contribution in [-0.4, -0.2) is 86.4 Å². The topological polar surface area (TPSA) is 238 Å². The van der Waals surface area contributed by atoms with Gasteiger partial charge in [0.1, 0.15) is 18.1 Å². The molecule has 1 aromatic carbocycles. The van der Waals surface area contributed by atoms with Crippen molar-refractivity contribution in [1.29, 1.82) is 0 Å². The van der Waals surface area contributed by atoms with Gasteiger partial charge in [-0.2, -0.15) is 0 Å². The van der Waals surface area contributed by atoms with Gasteiger partial charge < -0.3 is 42.2 Å². The predicted octanol–water partition coefficient (Wildman–Crippen LogP) is -1.18. The van der Waals surface area contributed by atoms with E-state index < -0.39 is 66.2 Å². The second kappa shape index (κ2) is 12.9. The van der Waals surface area contributed by atoms with Gasteiger partial charge in [-0.25, -0.2) is 4.79 Å². The molecular formula is C25H32N6O8. The number of carboxylic acid groups (broad SMARTS) is 2. The van der Waals surface area contributed by atoms with Crippen LogP contribution in [0.25, 0.3) is 10.9 Å². The van der Waals surface area contributed by atoms with Crippen LogP contribution in [0.1, 0.15) is 37.7 Å². The fraction of sp³-hybridized carbons (Fsp3) is 0.440. The standard InChI is InChI=1S/C25H32N6O8/c26-15(11-20(27)32)24(37)31-9-3-6-19(31)23(36)30-18(10-13-12-28-16-5-2-1-4-14(13)16)22(35)29-17(25(38)39)7-8-21(33)34/h1-2,4-5,12,15,17-19,28H,3,6-11,26H2,(H2,27,32)(H,29,35)(H,30,36)(H,33,34)(H,38,39). The number of carbonyl (C=O) groups is 6. The summed E-state index contributed by atoms with van der Waals surface area (Å²) in [5, 5.41) is 24.2. The summed E-state index contributed by atoms with van der Waals surface area (Å²) in [4.78, 5) is 77.5. The maximum Gasteiger partial charge on any atom is 0.326 e. The largest absolute Gasteiger partial charge is 0.481 e. The third kappa shape index (κ3) is 7.54. The molecule has 0 bridgehead atoms. The Morgan fingerprint density at radius 2 is 1.79 bits per heavy atom. The van der Waals surface area contributed by atoms with Crippen molar-refractivity contribution < 1.29 is 39.0 Å². The Morgan fingerprint density at radius 1 is 1.08 bits per heavy atom. The number of hydrogen-bond donors (Lipinski definition) is 7. The lowest BCUT2D eigenvalue weighted by Crippen LogP contribution is -2.57. The summed E-state index contributed by atoms with van der Waals surface area (Å²) in [5.41, 5.74) is 12.4. The Bertz CT molecular complexity index is 1260. The fourth-order valence-corrected chi connectivity index (χ4v) is 4.62. The number of aromatic nitrogens is 1. The van der Waals surface area contributed by atoms with E-state index in [1.165, 1.54) is 4.90 Å². The number of nitrogens with one attached hydrogen (secondary N) is 3. The van der Waals surface area contributed by atoms with E-state index in [4.69, 9.17) is 16.6 Å². The lowest BCUT2D eigenvalue weighted by atomic mass is 10.0. The number of primary amides is 1. The second-order valence-electron chi connectivity index (χ2n) is 9.42. The molecule has 39 heavy (non-hydrogen) atoms. The minimum Gasteiger partial charge on any atom is -0.481 e. The van der Waals surface area contributed by atoms with Crippen LogP contribution in [0.3, 0.4) is 0 Å². The maximum absolute atomic E-state index is 13.3. The molecule has 0 saturated carbocycles. The molecule has 1 saturated heterocycles. The highest BCUT2D eigenvalue weighted by Gasteiger charge is 2.38. The zero-order valence-electron chi connectivity index (χ0n) is 21.1. The summed E-state index contributed by atoms with van der Waals surface area (Å²) in [6, 6.07) is 2.36. The van der Waals surface area contributed by atoms with E-state index in [9.17, 15) is 33.9 Å². The average Bonchev–Trinajstić information content (AvgIpc) is 3.52. The number of nitrogens with two attached hydrogens (primary N) is 2. The zero-order valence-corrected chi connectivity index (χ0v) is 21.1. The third-order valence-electron chi connectivity index (χ3n) is 6.57. The van der Waals surface area contributed by atoms with Gasteiger partial charge in [0.15, 0.2) is 0 Å². The van der Waals surface area contributed by atoms with Crippen molar-refractivity contribution in [3.8, 4) is 0 Å². The fourth-order valence-electron chi connectivity index (χ4n) is 4.62. The second-order valence-corrected chi connectivity index (χ2v) is 9.42. The van der Waals surface area contributed by atoms with Crippen molar-refractivity contribution in [2.45, 2.75) is 62.7 Å². The van der Waals surface area contributed by atoms with Crippen LogP contribution in [0.4, 0.5) is 0 Å². The Hall–Kier alpha value is -4.46. The number of aromatic amines is 1. The summed E-state index contributed by atoms with van der Waals surface area (Å²) in [5.74, 6) is -5.50. The van der Waals surface area contributed by atoms with E-state index in [0.717, 1.165) is 10.9 Å². The van der Waals surface area contributed by atoms with Crippen molar-refractivity contribution in [3.05, 3.63) is 36.0 Å². The van der Waals surface area contributed by atoms with Crippen LogP contribution in [0.15, 0.2) is 30.5 Å². The first-order valence-electron chi connectivity index (χ1n) is 12.4. The Labute approximate surface area is 223 Å². The van der Waals surface area contributed by atoms with Gasteiger partial charge in [-0.3, -0.25) is 24.0 Å². The number of fused-ring (bicyclic) bond motifs is 1. The SMILES string of the molecule is NC(=O)CC(N)C(=O)N1CCCC1C(=O)NC(Cc1c[nH]c2ccccc12)C(=O)NC(CCC(=O)O)C(=O)O. The highest BCUT2D eigenvalue weighted by atomic mass is 16.4. The van der Waals surface area contributed by atoms with Gasteiger partial charge in [-0.05, 0) is 30.9 Å². The van der Waals surface area contributed by atoms with Crippen molar-refractivity contribution in [1.82, 2.24) is 20.5 Å². The quantitative estimate of drug-likeness (QED) is 0.160. The number of aliphatic carboxylic acids is 2. The molecule has 1 fully saturated rings. The molecule has 210 valence electrons. The molecule has 1 aromatic heterocycles. The molecule has 4 unspecified atom stereocenters. The van der Waals surface area contributed by atoms with Crippen LogP contribution in [-0.2, 0) is 35.2 Å². The minimum absolute atomic E-state index is 0.0191. The van der Waals surface area contributed by atoms with Crippen LogP contribution in [0, 0.1) is 0 Å². The molecule has 14 heteroatoms. The Morgan fingerprint density at radius 3 is 2.46 bits per heavy atom. The number of para-hydroxylation sites is 1. The molecule has 2 heterocycles. The maximum atomic E-state index is 13.3. The highest BCUT2D eigenvalue weighted by Crippen LogP contribution is 2.21. The average molecular weight is 545 g/mol. The van der Waals surface area contributed by atoms with Gasteiger partial charge >= 0.3 is 11.9 Å². The molecule has 1 aliphatic rings. The van der Waals surface area contributed by atoms with E-state index in [1.54, 1.807) is 12.3 Å². The number of nitrogens with zero attached hydrogens (tertiary/aromatic N) is 1. The number of likely N-dealkylation sites (tertiary alicyclic amines) is 1. The number of H-pyrrole nitrogens is 1. The molecule has 14 nitrogen and oxygen atoms in total. The number of carbonyl (C=O) groups excluding carboxylic acids is 4. The Balaban J connectivity index is 1.82. The van der Waals surface area contributed by atoms with E-state index in [2.05, 4.69) is 15.6 Å². The lowest BCUT2D eigenvalue weighted by Gasteiger charge is -2.28. The summed E-state index contributed by atoms with van der Waals surface area (Å²) < 4.78 is 0. The molecule has 1 aliphatic heterocycles. The number of hydrogen-bond acceptors (Lipinski definition) is 7. The summed E-state index contributed by atoms with van der Waals surface area (Å²) in [6.45, 7) is 0.221. The molecule has 0 aliphatic carbocycles. The first-order valence-corrected chi connectivity index (χ1v) is 12.4. The van der Waals surface area contributed by atoms with E-state index in [0.29, 0.717) is 18.4 Å². The summed E-state index contributed by atoms with van der Waals surface area (Å²) in [6.07, 6.45) is 1.21. The highest BCUT2D eigenvalue weighted by molar-refractivity contribution is 5.96. The third-order valence-corrected chi connectivity index (χ3v) is 6.57. The van der Waals surface area contributed by atoms with E-state index in [1.807, 2.05) is 18.2 Å². The van der Waals surface area contributed by atoms with Gasteiger partial charge in [-0.1, -0.05) is 18.2 Å². The predicted molar refractivity (Wildman–Crippen MR) is 137 cm³/mol. The van der Waals surface area contributed by atoms with E-state index >= 15 is 0 Å². The summed E-state index contributed by atoms with van der Waals surface area (Å²) in [7, 11) is 0. The van der Waals surface area contributed by atoms with Crippen LogP contribution in [0.5, 0.6) is 0 Å². The van der Waals surface area contributed by atoms with E-state index in [-0.39, 0.29) is 25.8 Å². The molecular weight excluding hydrogens is 512 g/mol. The van der Waals surface area contributed by atoms with Gasteiger partial charge in [0, 0.05) is 36.5 Å². The molecule has 0 spiro atoms. The van der Waals surface area contributed by atoms with Gasteiger partial charge in [0.05, 0.1) is 12.5 Å². The van der Waals surface area contributed by atoms with Crippen LogP contribution < -0.4 is 22.1 Å². The first kappa shape index (κ1) is 29.1. The molecule has 4 amide bonds.